The third kappa shape index (κ3) is 8.00. The van der Waals surface area contributed by atoms with Crippen molar-refractivity contribution in [2.24, 2.45) is 17.8 Å². The molecule has 0 radical (unpaired) electrons. The number of hydrogen-bond donors (Lipinski definition) is 2. The Labute approximate surface area is 262 Å². The van der Waals surface area contributed by atoms with Gasteiger partial charge in [0.15, 0.2) is 0 Å². The molecule has 240 valence electrons. The van der Waals surface area contributed by atoms with E-state index in [0.29, 0.717) is 13.0 Å². The SMILES string of the molecule is CCC[C@H](O)C[C@@H]1CC[C@H]([C@@H](C)[C@H](O)[C@H](C)[C@@H]2CC[C@H]([C@@H](C)CO[Si](c3ccccc3)(c3ccccc3)C(C)(C)C)O2)O1. The van der Waals surface area contributed by atoms with Crippen molar-refractivity contribution in [2.45, 2.75) is 135 Å². The van der Waals surface area contributed by atoms with E-state index in [1.165, 1.54) is 10.4 Å². The normalized spacial score (nSPS) is 26.6. The molecule has 4 rings (SSSR count). The van der Waals surface area contributed by atoms with Gasteiger partial charge < -0.3 is 24.1 Å². The van der Waals surface area contributed by atoms with Crippen LogP contribution in [0.15, 0.2) is 60.7 Å². The maximum atomic E-state index is 11.4. The molecule has 2 saturated heterocycles. The molecular formula is C37H58O5Si. The van der Waals surface area contributed by atoms with Gasteiger partial charge in [0, 0.05) is 24.4 Å². The summed E-state index contributed by atoms with van der Waals surface area (Å²) < 4.78 is 20.2. The Hall–Kier alpha value is -1.54. The van der Waals surface area contributed by atoms with Gasteiger partial charge in [-0.1, -0.05) is 116 Å². The van der Waals surface area contributed by atoms with Crippen LogP contribution < -0.4 is 10.4 Å². The van der Waals surface area contributed by atoms with Crippen LogP contribution >= 0.6 is 0 Å². The van der Waals surface area contributed by atoms with Gasteiger partial charge in [-0.15, -0.1) is 0 Å². The molecule has 0 unspecified atom stereocenters. The highest BCUT2D eigenvalue weighted by atomic mass is 28.4. The predicted molar refractivity (Wildman–Crippen MR) is 178 cm³/mol. The zero-order valence-corrected chi connectivity index (χ0v) is 28.7. The topological polar surface area (TPSA) is 68.2 Å². The molecule has 0 aromatic heterocycles. The van der Waals surface area contributed by atoms with Gasteiger partial charge in [0.05, 0.1) is 36.6 Å². The van der Waals surface area contributed by atoms with Crippen molar-refractivity contribution < 1.29 is 24.1 Å². The number of aliphatic hydroxyl groups is 2. The third-order valence-corrected chi connectivity index (χ3v) is 15.3. The van der Waals surface area contributed by atoms with E-state index in [9.17, 15) is 10.2 Å². The molecule has 2 fully saturated rings. The molecule has 0 spiro atoms. The molecule has 0 bridgehead atoms. The van der Waals surface area contributed by atoms with Crippen LogP contribution in [0.1, 0.15) is 93.4 Å². The van der Waals surface area contributed by atoms with Crippen LogP contribution in [0.3, 0.4) is 0 Å². The molecule has 0 aliphatic carbocycles. The van der Waals surface area contributed by atoms with Crippen molar-refractivity contribution in [3.63, 3.8) is 0 Å². The zero-order chi connectivity index (χ0) is 31.2. The summed E-state index contributed by atoms with van der Waals surface area (Å²) in [6, 6.07) is 21.6. The van der Waals surface area contributed by atoms with Crippen molar-refractivity contribution in [1.29, 1.82) is 0 Å². The number of rotatable bonds is 14. The first-order chi connectivity index (χ1) is 20.5. The fourth-order valence-corrected chi connectivity index (χ4v) is 12.3. The number of benzene rings is 2. The monoisotopic (exact) mass is 610 g/mol. The summed E-state index contributed by atoms with van der Waals surface area (Å²) in [7, 11) is -2.60. The van der Waals surface area contributed by atoms with Crippen molar-refractivity contribution >= 4 is 18.7 Å². The van der Waals surface area contributed by atoms with Crippen molar-refractivity contribution in [1.82, 2.24) is 0 Å². The van der Waals surface area contributed by atoms with Crippen LogP contribution in [0, 0.1) is 17.8 Å². The van der Waals surface area contributed by atoms with Gasteiger partial charge in [-0.05, 0) is 53.9 Å². The lowest BCUT2D eigenvalue weighted by molar-refractivity contribution is -0.0888. The second-order valence-electron chi connectivity index (χ2n) is 14.5. The average Bonchev–Trinajstić information content (AvgIpc) is 3.67. The number of aliphatic hydroxyl groups excluding tert-OH is 2. The molecule has 2 N–H and O–H groups in total. The summed E-state index contributed by atoms with van der Waals surface area (Å²) >= 11 is 0. The fourth-order valence-electron chi connectivity index (χ4n) is 7.59. The van der Waals surface area contributed by atoms with Gasteiger partial charge in [-0.2, -0.15) is 0 Å². The first-order valence-corrected chi connectivity index (χ1v) is 18.8. The van der Waals surface area contributed by atoms with Gasteiger partial charge in [-0.3, -0.25) is 0 Å². The average molecular weight is 611 g/mol. The second-order valence-corrected chi connectivity index (χ2v) is 18.8. The van der Waals surface area contributed by atoms with E-state index in [1.54, 1.807) is 0 Å². The van der Waals surface area contributed by atoms with E-state index in [2.05, 4.69) is 109 Å². The maximum Gasteiger partial charge on any atom is 0.261 e. The van der Waals surface area contributed by atoms with Gasteiger partial charge in [0.2, 0.25) is 0 Å². The summed E-state index contributed by atoms with van der Waals surface area (Å²) in [4.78, 5) is 0. The summed E-state index contributed by atoms with van der Waals surface area (Å²) in [5, 5.41) is 24.2. The van der Waals surface area contributed by atoms with Crippen molar-refractivity contribution in [2.75, 3.05) is 6.61 Å². The molecular weight excluding hydrogens is 552 g/mol. The van der Waals surface area contributed by atoms with Crippen LogP contribution in [0.5, 0.6) is 0 Å². The molecule has 0 amide bonds. The molecule has 2 aliphatic rings. The molecule has 2 aromatic rings. The van der Waals surface area contributed by atoms with Crippen LogP contribution in [-0.2, 0) is 13.9 Å². The van der Waals surface area contributed by atoms with E-state index < -0.39 is 14.4 Å². The van der Waals surface area contributed by atoms with Crippen molar-refractivity contribution in [3.8, 4) is 0 Å². The summed E-state index contributed by atoms with van der Waals surface area (Å²) in [6.45, 7) is 16.2. The maximum absolute atomic E-state index is 11.4. The highest BCUT2D eigenvalue weighted by Gasteiger charge is 2.50. The van der Waals surface area contributed by atoms with Gasteiger partial charge in [-0.25, -0.2) is 0 Å². The highest BCUT2D eigenvalue weighted by Crippen LogP contribution is 2.39. The predicted octanol–water partition coefficient (Wildman–Crippen LogP) is 6.48. The molecule has 9 atom stereocenters. The Kier molecular flexibility index (Phi) is 12.1. The molecule has 6 heteroatoms. The highest BCUT2D eigenvalue weighted by molar-refractivity contribution is 6.99. The van der Waals surface area contributed by atoms with E-state index in [-0.39, 0.29) is 53.3 Å². The quantitative estimate of drug-likeness (QED) is 0.240. The molecule has 2 aliphatic heterocycles. The first-order valence-electron chi connectivity index (χ1n) is 16.9. The van der Waals surface area contributed by atoms with Crippen molar-refractivity contribution in [3.05, 3.63) is 60.7 Å². The molecule has 5 nitrogen and oxygen atoms in total. The Morgan fingerprint density at radius 2 is 1.30 bits per heavy atom. The molecule has 2 aromatic carbocycles. The lowest BCUT2D eigenvalue weighted by Crippen LogP contribution is -2.67. The largest absolute Gasteiger partial charge is 0.407 e. The molecule has 2 heterocycles. The molecule has 43 heavy (non-hydrogen) atoms. The van der Waals surface area contributed by atoms with E-state index >= 15 is 0 Å². The van der Waals surface area contributed by atoms with E-state index in [1.807, 2.05) is 0 Å². The second kappa shape index (κ2) is 15.2. The Morgan fingerprint density at radius 3 is 1.84 bits per heavy atom. The fraction of sp³-hybridized carbons (Fsp3) is 0.676. The van der Waals surface area contributed by atoms with E-state index in [0.717, 1.165) is 38.5 Å². The van der Waals surface area contributed by atoms with Gasteiger partial charge in [0.1, 0.15) is 0 Å². The van der Waals surface area contributed by atoms with Crippen LogP contribution in [0.25, 0.3) is 0 Å². The lowest BCUT2D eigenvalue weighted by Gasteiger charge is -2.44. The minimum Gasteiger partial charge on any atom is -0.407 e. The summed E-state index contributed by atoms with van der Waals surface area (Å²) in [6.07, 6.45) is 5.84. The van der Waals surface area contributed by atoms with Crippen LogP contribution in [-0.4, -0.2) is 61.8 Å². The zero-order valence-electron chi connectivity index (χ0n) is 27.7. The van der Waals surface area contributed by atoms with Gasteiger partial charge in [0.25, 0.3) is 8.32 Å². The number of ether oxygens (including phenoxy) is 2. The van der Waals surface area contributed by atoms with Gasteiger partial charge >= 0.3 is 0 Å². The summed E-state index contributed by atoms with van der Waals surface area (Å²) in [5.74, 6) is 0.293. The van der Waals surface area contributed by atoms with E-state index in [4.69, 9.17) is 13.9 Å². The smallest absolute Gasteiger partial charge is 0.261 e. The minimum atomic E-state index is -2.60. The van der Waals surface area contributed by atoms with Crippen LogP contribution in [0.4, 0.5) is 0 Å². The van der Waals surface area contributed by atoms with Crippen LogP contribution in [0.2, 0.25) is 5.04 Å². The standard InChI is InChI=1S/C37H58O5Si/c1-8-15-29(38)24-30-20-21-34(41-30)27(3)36(39)28(4)35-23-22-33(42-35)26(2)25-40-43(37(5,6)7,31-16-11-9-12-17-31)32-18-13-10-14-19-32/h9-14,16-19,26-30,33-36,38-39H,8,15,20-25H2,1-7H3/t26-,27+,28+,29-,30-,33+,34+,35-,36-/m0/s1. The Bertz CT molecular complexity index is 1050. The third-order valence-electron chi connectivity index (χ3n) is 10.2. The minimum absolute atomic E-state index is 0.0260. The lowest BCUT2D eigenvalue weighted by atomic mass is 9.84. The first kappa shape index (κ1) is 34.3. The Morgan fingerprint density at radius 1 is 0.791 bits per heavy atom. The summed E-state index contributed by atoms with van der Waals surface area (Å²) in [5.41, 5.74) is 0. The number of hydrogen-bond acceptors (Lipinski definition) is 5. The Balaban J connectivity index is 1.37. The molecule has 0 saturated carbocycles.